The van der Waals surface area contributed by atoms with E-state index >= 15 is 0 Å². The van der Waals surface area contributed by atoms with Crippen molar-refractivity contribution in [3.05, 3.63) is 65.5 Å². The molecule has 1 aromatic carbocycles. The van der Waals surface area contributed by atoms with Gasteiger partial charge in [-0.2, -0.15) is 0 Å². The number of rotatable bonds is 6. The molecule has 3 rings (SSSR count). The highest BCUT2D eigenvalue weighted by atomic mass is 127. The van der Waals surface area contributed by atoms with Crippen LogP contribution in [0.1, 0.15) is 29.7 Å². The molecule has 0 fully saturated rings. The van der Waals surface area contributed by atoms with Crippen molar-refractivity contribution in [3.8, 4) is 0 Å². The number of guanidine groups is 1. The Morgan fingerprint density at radius 1 is 1.11 bits per heavy atom. The second kappa shape index (κ2) is 10.9. The highest BCUT2D eigenvalue weighted by molar-refractivity contribution is 14.0. The molecule has 27 heavy (non-hydrogen) atoms. The molecule has 1 amide bonds. The molecule has 2 N–H and O–H groups in total. The highest BCUT2D eigenvalue weighted by Gasteiger charge is 2.22. The number of benzene rings is 1. The van der Waals surface area contributed by atoms with Gasteiger partial charge in [-0.15, -0.1) is 24.0 Å². The second-order valence-corrected chi connectivity index (χ2v) is 6.30. The van der Waals surface area contributed by atoms with Gasteiger partial charge in [0.1, 0.15) is 0 Å². The summed E-state index contributed by atoms with van der Waals surface area (Å²) in [6.07, 6.45) is 3.09. The van der Waals surface area contributed by atoms with E-state index < -0.39 is 0 Å². The number of amides is 1. The lowest BCUT2D eigenvalue weighted by atomic mass is 10.1. The van der Waals surface area contributed by atoms with Crippen molar-refractivity contribution in [3.63, 3.8) is 0 Å². The molecule has 1 aliphatic heterocycles. The van der Waals surface area contributed by atoms with Crippen molar-refractivity contribution in [2.75, 3.05) is 13.6 Å². The van der Waals surface area contributed by atoms with E-state index in [9.17, 15) is 4.79 Å². The average Bonchev–Trinajstić information content (AvgIpc) is 3.12. The van der Waals surface area contributed by atoms with Crippen LogP contribution in [0.3, 0.4) is 0 Å². The van der Waals surface area contributed by atoms with Crippen molar-refractivity contribution >= 4 is 35.8 Å². The number of aliphatic imine (C=N–C) groups is 1. The fourth-order valence-electron chi connectivity index (χ4n) is 3.01. The van der Waals surface area contributed by atoms with Gasteiger partial charge >= 0.3 is 0 Å². The van der Waals surface area contributed by atoms with Gasteiger partial charge < -0.3 is 15.5 Å². The largest absolute Gasteiger partial charge is 0.356 e. The first kappa shape index (κ1) is 21.1. The fourth-order valence-corrected chi connectivity index (χ4v) is 3.01. The van der Waals surface area contributed by atoms with E-state index in [0.717, 1.165) is 31.2 Å². The summed E-state index contributed by atoms with van der Waals surface area (Å²) < 4.78 is 0. The Labute approximate surface area is 177 Å². The molecule has 0 saturated heterocycles. The third-order valence-electron chi connectivity index (χ3n) is 4.44. The number of halogens is 1. The minimum Gasteiger partial charge on any atom is -0.356 e. The summed E-state index contributed by atoms with van der Waals surface area (Å²) in [4.78, 5) is 22.8. The predicted octanol–water partition coefficient (Wildman–Crippen LogP) is 2.69. The van der Waals surface area contributed by atoms with Crippen LogP contribution in [0.15, 0.2) is 53.7 Å². The first-order chi connectivity index (χ1) is 12.8. The molecule has 1 aromatic heterocycles. The number of carbonyl (C=O) groups is 1. The fraction of sp³-hybridized carbons (Fsp3) is 0.350. The van der Waals surface area contributed by atoms with Crippen LogP contribution >= 0.6 is 24.0 Å². The number of nitrogens with one attached hydrogen (secondary N) is 2. The molecule has 2 heterocycles. The summed E-state index contributed by atoms with van der Waals surface area (Å²) in [6, 6.07) is 14.1. The maximum Gasteiger partial charge on any atom is 0.223 e. The topological polar surface area (TPSA) is 69.6 Å². The van der Waals surface area contributed by atoms with E-state index in [-0.39, 0.29) is 29.9 Å². The Kier molecular flexibility index (Phi) is 8.50. The molecule has 1 aliphatic rings. The number of nitrogens with zero attached hydrogens (tertiary/aromatic N) is 3. The second-order valence-electron chi connectivity index (χ2n) is 6.30. The minimum absolute atomic E-state index is 0. The van der Waals surface area contributed by atoms with Crippen molar-refractivity contribution in [2.45, 2.75) is 32.5 Å². The van der Waals surface area contributed by atoms with Crippen LogP contribution in [-0.2, 0) is 24.4 Å². The Hall–Kier alpha value is -2.16. The standard InChI is InChI=1S/C20H25N5O.HI/c1-21-20(24-13-18-9-4-5-11-22-18)23-12-6-10-19(26)25-14-16-7-2-3-8-17(16)15-25;/h2-5,7-9,11H,6,10,12-15H2,1H3,(H2,21,23,24);1H. The third kappa shape index (κ3) is 6.20. The van der Waals surface area contributed by atoms with Crippen LogP contribution < -0.4 is 10.6 Å². The van der Waals surface area contributed by atoms with Gasteiger partial charge in [0.05, 0.1) is 12.2 Å². The molecular formula is C20H26IN5O. The van der Waals surface area contributed by atoms with E-state index in [1.54, 1.807) is 13.2 Å². The molecule has 6 nitrogen and oxygen atoms in total. The molecule has 0 aliphatic carbocycles. The van der Waals surface area contributed by atoms with Gasteiger partial charge in [-0.3, -0.25) is 14.8 Å². The van der Waals surface area contributed by atoms with Crippen LogP contribution in [0.4, 0.5) is 0 Å². The summed E-state index contributed by atoms with van der Waals surface area (Å²) >= 11 is 0. The number of aromatic nitrogens is 1. The number of carbonyl (C=O) groups excluding carboxylic acids is 1. The Morgan fingerprint density at radius 2 is 1.81 bits per heavy atom. The van der Waals surface area contributed by atoms with Gasteiger partial charge in [-0.1, -0.05) is 30.3 Å². The molecule has 0 atom stereocenters. The van der Waals surface area contributed by atoms with Crippen LogP contribution in [0.2, 0.25) is 0 Å². The smallest absolute Gasteiger partial charge is 0.223 e. The Morgan fingerprint density at radius 3 is 2.44 bits per heavy atom. The summed E-state index contributed by atoms with van der Waals surface area (Å²) in [7, 11) is 1.74. The third-order valence-corrected chi connectivity index (χ3v) is 4.44. The zero-order chi connectivity index (χ0) is 18.2. The van der Waals surface area contributed by atoms with E-state index in [1.807, 2.05) is 35.2 Å². The first-order valence-electron chi connectivity index (χ1n) is 8.95. The Bertz CT molecular complexity index is 741. The first-order valence-corrected chi connectivity index (χ1v) is 8.95. The predicted molar refractivity (Wildman–Crippen MR) is 118 cm³/mol. The lowest BCUT2D eigenvalue weighted by molar-refractivity contribution is -0.131. The van der Waals surface area contributed by atoms with Gasteiger partial charge in [0, 0.05) is 39.3 Å². The summed E-state index contributed by atoms with van der Waals surface area (Å²) in [5.74, 6) is 0.927. The number of fused-ring (bicyclic) bond motifs is 1. The number of hydrogen-bond acceptors (Lipinski definition) is 3. The summed E-state index contributed by atoms with van der Waals surface area (Å²) in [5.41, 5.74) is 3.48. The van der Waals surface area contributed by atoms with E-state index in [1.165, 1.54) is 11.1 Å². The molecule has 2 aromatic rings. The van der Waals surface area contributed by atoms with E-state index in [2.05, 4.69) is 32.7 Å². The van der Waals surface area contributed by atoms with Gasteiger partial charge in [0.25, 0.3) is 0 Å². The molecule has 0 unspecified atom stereocenters. The summed E-state index contributed by atoms with van der Waals surface area (Å²) in [6.45, 7) is 2.78. The molecule has 0 saturated carbocycles. The van der Waals surface area contributed by atoms with Crippen molar-refractivity contribution in [1.29, 1.82) is 0 Å². The molecule has 144 valence electrons. The Balaban J connectivity index is 0.00000261. The van der Waals surface area contributed by atoms with Crippen molar-refractivity contribution in [1.82, 2.24) is 20.5 Å². The highest BCUT2D eigenvalue weighted by Crippen LogP contribution is 2.22. The zero-order valence-electron chi connectivity index (χ0n) is 15.5. The number of pyridine rings is 1. The molecular weight excluding hydrogens is 453 g/mol. The zero-order valence-corrected chi connectivity index (χ0v) is 17.8. The van der Waals surface area contributed by atoms with E-state index in [0.29, 0.717) is 19.5 Å². The average molecular weight is 479 g/mol. The SMILES string of the molecule is CN=C(NCCCC(=O)N1Cc2ccccc2C1)NCc1ccccn1.I. The molecule has 0 spiro atoms. The number of hydrogen-bond donors (Lipinski definition) is 2. The minimum atomic E-state index is 0. The van der Waals surface area contributed by atoms with Crippen molar-refractivity contribution in [2.24, 2.45) is 4.99 Å². The van der Waals surface area contributed by atoms with Crippen LogP contribution in [0.25, 0.3) is 0 Å². The maximum atomic E-state index is 12.4. The normalized spacial score (nSPS) is 12.9. The summed E-state index contributed by atoms with van der Waals surface area (Å²) in [5, 5.41) is 6.46. The van der Waals surface area contributed by atoms with Crippen LogP contribution in [0, 0.1) is 0 Å². The van der Waals surface area contributed by atoms with Gasteiger partial charge in [-0.05, 0) is 29.7 Å². The maximum absolute atomic E-state index is 12.4. The van der Waals surface area contributed by atoms with Crippen LogP contribution in [-0.4, -0.2) is 35.3 Å². The van der Waals surface area contributed by atoms with Gasteiger partial charge in [0.15, 0.2) is 5.96 Å². The van der Waals surface area contributed by atoms with Gasteiger partial charge in [0.2, 0.25) is 5.91 Å². The van der Waals surface area contributed by atoms with Crippen LogP contribution in [0.5, 0.6) is 0 Å². The van der Waals surface area contributed by atoms with Crippen molar-refractivity contribution < 1.29 is 4.79 Å². The van der Waals surface area contributed by atoms with E-state index in [4.69, 9.17) is 0 Å². The lowest BCUT2D eigenvalue weighted by Crippen LogP contribution is -2.37. The van der Waals surface area contributed by atoms with Gasteiger partial charge in [-0.25, -0.2) is 0 Å². The lowest BCUT2D eigenvalue weighted by Gasteiger charge is -2.16. The molecule has 0 bridgehead atoms. The molecule has 7 heteroatoms. The molecule has 0 radical (unpaired) electrons. The quantitative estimate of drug-likeness (QED) is 0.290. The monoisotopic (exact) mass is 479 g/mol.